The Bertz CT molecular complexity index is 244. The molecule has 0 spiro atoms. The Morgan fingerprint density at radius 2 is 2.36 bits per heavy atom. The highest BCUT2D eigenvalue weighted by Crippen LogP contribution is 2.18. The van der Waals surface area contributed by atoms with Crippen LogP contribution in [0, 0.1) is 5.92 Å². The molecule has 0 saturated heterocycles. The lowest BCUT2D eigenvalue weighted by atomic mass is 9.96. The topological polar surface area (TPSA) is 12.4 Å². The third-order valence-corrected chi connectivity index (χ3v) is 1.74. The van der Waals surface area contributed by atoms with Gasteiger partial charge in [-0.25, -0.2) is 0 Å². The molecule has 0 aromatic rings. The quantitative estimate of drug-likeness (QED) is 0.540. The molecule has 0 aromatic heterocycles. The summed E-state index contributed by atoms with van der Waals surface area (Å²) in [5, 5.41) is 0. The molecule has 0 fully saturated rings. The Kier molecular flexibility index (Phi) is 2.42. The molecule has 1 aliphatic rings. The van der Waals surface area contributed by atoms with Gasteiger partial charge in [-0.05, 0) is 18.6 Å². The number of nitrogens with zero attached hydrogens (tertiary/aromatic N) is 1. The second-order valence-electron chi connectivity index (χ2n) is 2.83. The van der Waals surface area contributed by atoms with Gasteiger partial charge in [0.2, 0.25) is 0 Å². The van der Waals surface area contributed by atoms with Crippen LogP contribution in [-0.4, -0.2) is 6.21 Å². The van der Waals surface area contributed by atoms with E-state index in [9.17, 15) is 0 Å². The average molecular weight is 147 g/mol. The summed E-state index contributed by atoms with van der Waals surface area (Å²) in [5.74, 6) is 0.391. The lowest BCUT2D eigenvalue weighted by molar-refractivity contribution is 0.949. The van der Waals surface area contributed by atoms with Gasteiger partial charge < -0.3 is 0 Å². The van der Waals surface area contributed by atoms with Crippen molar-refractivity contribution in [3.8, 4) is 0 Å². The molecular formula is C10H13N. The molecule has 0 N–H and O–H groups in total. The molecule has 1 rings (SSSR count). The monoisotopic (exact) mass is 147 g/mol. The van der Waals surface area contributed by atoms with Crippen molar-refractivity contribution >= 4 is 6.21 Å². The molecule has 0 amide bonds. The molecule has 1 atom stereocenters. The summed E-state index contributed by atoms with van der Waals surface area (Å²) in [5.41, 5.74) is 2.39. The fraction of sp³-hybridized carbons (Fsp3) is 0.300. The van der Waals surface area contributed by atoms with Gasteiger partial charge >= 0.3 is 0 Å². The Hall–Kier alpha value is -1.11. The summed E-state index contributed by atoms with van der Waals surface area (Å²) in [6.07, 6.45) is 7.75. The molecule has 1 heterocycles. The standard InChI is InChI=1S/C10H13N/c1-8(2)10-5-4-6-11-7-9(10)3/h4-7,9H,1H2,2-3H3. The average Bonchev–Trinajstić information content (AvgIpc) is 2.13. The molecule has 11 heavy (non-hydrogen) atoms. The second kappa shape index (κ2) is 3.33. The number of rotatable bonds is 1. The maximum Gasteiger partial charge on any atom is 0.0264 e. The summed E-state index contributed by atoms with van der Waals surface area (Å²) in [6, 6.07) is 0. The zero-order valence-electron chi connectivity index (χ0n) is 7.04. The van der Waals surface area contributed by atoms with E-state index in [1.54, 1.807) is 6.20 Å². The minimum absolute atomic E-state index is 0.391. The summed E-state index contributed by atoms with van der Waals surface area (Å²) in [4.78, 5) is 4.09. The van der Waals surface area contributed by atoms with Gasteiger partial charge in [-0.3, -0.25) is 4.99 Å². The minimum Gasteiger partial charge on any atom is -0.268 e. The van der Waals surface area contributed by atoms with E-state index in [-0.39, 0.29) is 0 Å². The third-order valence-electron chi connectivity index (χ3n) is 1.74. The Morgan fingerprint density at radius 3 is 3.00 bits per heavy atom. The van der Waals surface area contributed by atoms with Crippen LogP contribution in [0.2, 0.25) is 0 Å². The number of aliphatic imine (C=N–C) groups is 1. The Balaban J connectivity index is 2.92. The lowest BCUT2D eigenvalue weighted by Crippen LogP contribution is -2.00. The van der Waals surface area contributed by atoms with Crippen molar-refractivity contribution in [3.05, 3.63) is 36.1 Å². The molecule has 1 heteroatoms. The van der Waals surface area contributed by atoms with Gasteiger partial charge in [0.1, 0.15) is 0 Å². The predicted molar refractivity (Wildman–Crippen MR) is 49.7 cm³/mol. The van der Waals surface area contributed by atoms with E-state index in [0.29, 0.717) is 5.92 Å². The van der Waals surface area contributed by atoms with Crippen LogP contribution < -0.4 is 0 Å². The SMILES string of the molecule is C=C(C)C1=CC=CN=CC1C. The van der Waals surface area contributed by atoms with E-state index >= 15 is 0 Å². The van der Waals surface area contributed by atoms with Crippen LogP contribution in [0.1, 0.15) is 13.8 Å². The van der Waals surface area contributed by atoms with Gasteiger partial charge in [0, 0.05) is 18.3 Å². The zero-order chi connectivity index (χ0) is 8.27. The van der Waals surface area contributed by atoms with Crippen LogP contribution in [-0.2, 0) is 0 Å². The molecule has 0 saturated carbocycles. The van der Waals surface area contributed by atoms with Crippen molar-refractivity contribution in [3.63, 3.8) is 0 Å². The van der Waals surface area contributed by atoms with Crippen molar-refractivity contribution < 1.29 is 0 Å². The van der Waals surface area contributed by atoms with Crippen molar-refractivity contribution in [2.45, 2.75) is 13.8 Å². The highest BCUT2D eigenvalue weighted by Gasteiger charge is 2.06. The number of hydrogen-bond acceptors (Lipinski definition) is 1. The maximum absolute atomic E-state index is 4.09. The highest BCUT2D eigenvalue weighted by molar-refractivity contribution is 5.68. The van der Waals surface area contributed by atoms with Gasteiger partial charge in [-0.1, -0.05) is 25.2 Å². The Morgan fingerprint density at radius 1 is 1.64 bits per heavy atom. The van der Waals surface area contributed by atoms with E-state index in [0.717, 1.165) is 5.57 Å². The van der Waals surface area contributed by atoms with E-state index in [1.165, 1.54) is 5.57 Å². The molecule has 0 aromatic carbocycles. The first-order valence-electron chi connectivity index (χ1n) is 3.77. The molecule has 0 radical (unpaired) electrons. The summed E-state index contributed by atoms with van der Waals surface area (Å²) < 4.78 is 0. The van der Waals surface area contributed by atoms with Crippen LogP contribution in [0.15, 0.2) is 41.1 Å². The van der Waals surface area contributed by atoms with Gasteiger partial charge in [-0.15, -0.1) is 0 Å². The van der Waals surface area contributed by atoms with E-state index in [4.69, 9.17) is 0 Å². The number of allylic oxidation sites excluding steroid dienone is 4. The molecular weight excluding hydrogens is 134 g/mol. The van der Waals surface area contributed by atoms with Crippen LogP contribution in [0.3, 0.4) is 0 Å². The van der Waals surface area contributed by atoms with Gasteiger partial charge in [0.05, 0.1) is 0 Å². The molecule has 0 bridgehead atoms. The van der Waals surface area contributed by atoms with Crippen molar-refractivity contribution in [2.75, 3.05) is 0 Å². The van der Waals surface area contributed by atoms with Crippen molar-refractivity contribution in [2.24, 2.45) is 10.9 Å². The zero-order valence-corrected chi connectivity index (χ0v) is 7.04. The van der Waals surface area contributed by atoms with Gasteiger partial charge in [0.15, 0.2) is 0 Å². The predicted octanol–water partition coefficient (Wildman–Crippen LogP) is 2.72. The van der Waals surface area contributed by atoms with Crippen LogP contribution in [0.25, 0.3) is 0 Å². The van der Waals surface area contributed by atoms with Crippen LogP contribution in [0.4, 0.5) is 0 Å². The fourth-order valence-corrected chi connectivity index (χ4v) is 1.14. The van der Waals surface area contributed by atoms with Gasteiger partial charge in [0.25, 0.3) is 0 Å². The van der Waals surface area contributed by atoms with Crippen LogP contribution in [0.5, 0.6) is 0 Å². The summed E-state index contributed by atoms with van der Waals surface area (Å²) in [6.45, 7) is 8.05. The first kappa shape index (κ1) is 7.99. The van der Waals surface area contributed by atoms with Crippen LogP contribution >= 0.6 is 0 Å². The Labute approximate surface area is 67.8 Å². The van der Waals surface area contributed by atoms with E-state index in [2.05, 4.69) is 24.6 Å². The highest BCUT2D eigenvalue weighted by atomic mass is 14.7. The minimum atomic E-state index is 0.391. The second-order valence-corrected chi connectivity index (χ2v) is 2.83. The third kappa shape index (κ3) is 1.90. The molecule has 1 aliphatic heterocycles. The lowest BCUT2D eigenvalue weighted by Gasteiger charge is -2.08. The smallest absolute Gasteiger partial charge is 0.0264 e. The van der Waals surface area contributed by atoms with E-state index in [1.807, 2.05) is 19.2 Å². The van der Waals surface area contributed by atoms with Crippen molar-refractivity contribution in [1.82, 2.24) is 0 Å². The largest absolute Gasteiger partial charge is 0.268 e. The molecule has 0 aliphatic carbocycles. The van der Waals surface area contributed by atoms with E-state index < -0.39 is 0 Å². The fourth-order valence-electron chi connectivity index (χ4n) is 1.14. The number of hydrogen-bond donors (Lipinski definition) is 0. The van der Waals surface area contributed by atoms with Gasteiger partial charge in [-0.2, -0.15) is 0 Å². The van der Waals surface area contributed by atoms with Crippen molar-refractivity contribution in [1.29, 1.82) is 0 Å². The summed E-state index contributed by atoms with van der Waals surface area (Å²) >= 11 is 0. The molecule has 1 nitrogen and oxygen atoms in total. The molecule has 58 valence electrons. The molecule has 1 unspecified atom stereocenters. The summed E-state index contributed by atoms with van der Waals surface area (Å²) in [7, 11) is 0. The normalized spacial score (nSPS) is 22.7. The first-order chi connectivity index (χ1) is 5.22. The first-order valence-corrected chi connectivity index (χ1v) is 3.77. The maximum atomic E-state index is 4.09.